The summed E-state index contributed by atoms with van der Waals surface area (Å²) in [4.78, 5) is 13.5. The zero-order valence-corrected chi connectivity index (χ0v) is 14.8. The van der Waals surface area contributed by atoms with Gasteiger partial charge in [0.1, 0.15) is 11.3 Å². The molecule has 3 aromatic rings. The molecule has 1 fully saturated rings. The average Bonchev–Trinajstić information content (AvgIpc) is 3.24. The molecule has 1 aliphatic rings. The Bertz CT molecular complexity index is 814. The van der Waals surface area contributed by atoms with E-state index in [9.17, 15) is 0 Å². The lowest BCUT2D eigenvalue weighted by molar-refractivity contribution is 0.633. The summed E-state index contributed by atoms with van der Waals surface area (Å²) in [7, 11) is 0. The molecule has 4 rings (SSSR count). The van der Waals surface area contributed by atoms with Crippen molar-refractivity contribution in [3.8, 4) is 11.4 Å². The summed E-state index contributed by atoms with van der Waals surface area (Å²) in [6, 6.07) is 4.39. The number of hydrogen-bond acceptors (Lipinski definition) is 6. The van der Waals surface area contributed by atoms with E-state index in [1.165, 1.54) is 12.8 Å². The van der Waals surface area contributed by atoms with Gasteiger partial charge in [-0.3, -0.25) is 4.98 Å². The van der Waals surface area contributed by atoms with Crippen LogP contribution < -0.4 is 10.6 Å². The van der Waals surface area contributed by atoms with Crippen LogP contribution in [0.1, 0.15) is 12.8 Å². The number of nitrogens with zero attached hydrogens (tertiary/aromatic N) is 3. The maximum atomic E-state index is 4.76. The second-order valence-electron chi connectivity index (χ2n) is 5.57. The smallest absolute Gasteiger partial charge is 0.162 e. The molecule has 0 bridgehead atoms. The number of hydrogen-bond donors (Lipinski definition) is 2. The van der Waals surface area contributed by atoms with Crippen molar-refractivity contribution in [3.63, 3.8) is 0 Å². The molecule has 0 amide bonds. The van der Waals surface area contributed by atoms with E-state index in [2.05, 4.69) is 36.9 Å². The summed E-state index contributed by atoms with van der Waals surface area (Å²) in [5.74, 6) is 1.63. The molecule has 7 heteroatoms. The van der Waals surface area contributed by atoms with E-state index in [0.717, 1.165) is 45.0 Å². The van der Waals surface area contributed by atoms with Gasteiger partial charge in [0.05, 0.1) is 9.17 Å². The monoisotopic (exact) mass is 389 g/mol. The molecule has 1 saturated heterocycles. The van der Waals surface area contributed by atoms with Crippen LogP contribution in [0.3, 0.4) is 0 Å². The number of halogens is 1. The minimum absolute atomic E-state index is 0.521. The van der Waals surface area contributed by atoms with Crippen molar-refractivity contribution in [2.75, 3.05) is 18.4 Å². The molecule has 118 valence electrons. The first-order chi connectivity index (χ1) is 11.3. The summed E-state index contributed by atoms with van der Waals surface area (Å²) in [6.07, 6.45) is 5.99. The van der Waals surface area contributed by atoms with Crippen molar-refractivity contribution in [2.24, 2.45) is 0 Å². The van der Waals surface area contributed by atoms with E-state index < -0.39 is 0 Å². The SMILES string of the molecule is Brc1csc2c(NC[C@@H]3CCCN3)nc(-c3ccncc3)nc12. The Morgan fingerprint density at radius 1 is 1.30 bits per heavy atom. The Labute approximate surface area is 146 Å². The Morgan fingerprint density at radius 3 is 2.96 bits per heavy atom. The maximum Gasteiger partial charge on any atom is 0.162 e. The molecule has 0 unspecified atom stereocenters. The number of pyridine rings is 1. The molecule has 0 saturated carbocycles. The van der Waals surface area contributed by atoms with E-state index in [4.69, 9.17) is 9.97 Å². The highest BCUT2D eigenvalue weighted by Crippen LogP contribution is 2.34. The highest BCUT2D eigenvalue weighted by Gasteiger charge is 2.17. The standard InChI is InChI=1S/C16H16BrN5S/c17-12-9-23-14-13(12)21-15(10-3-6-18-7-4-10)22-16(14)20-8-11-2-1-5-19-11/h3-4,6-7,9,11,19H,1-2,5,8H2,(H,20,21,22)/t11-/m0/s1. The lowest BCUT2D eigenvalue weighted by Crippen LogP contribution is -2.29. The van der Waals surface area contributed by atoms with Crippen LogP contribution >= 0.6 is 27.3 Å². The summed E-state index contributed by atoms with van der Waals surface area (Å²) < 4.78 is 2.10. The van der Waals surface area contributed by atoms with Gasteiger partial charge in [-0.15, -0.1) is 11.3 Å². The van der Waals surface area contributed by atoms with Crippen LogP contribution in [0.15, 0.2) is 34.4 Å². The third kappa shape index (κ3) is 3.08. The van der Waals surface area contributed by atoms with Crippen LogP contribution in [0.4, 0.5) is 5.82 Å². The molecule has 0 aromatic carbocycles. The molecular formula is C16H16BrN5S. The molecular weight excluding hydrogens is 374 g/mol. The van der Waals surface area contributed by atoms with E-state index >= 15 is 0 Å². The van der Waals surface area contributed by atoms with Gasteiger partial charge in [0, 0.05) is 35.9 Å². The first kappa shape index (κ1) is 15.0. The predicted molar refractivity (Wildman–Crippen MR) is 97.9 cm³/mol. The zero-order chi connectivity index (χ0) is 15.6. The van der Waals surface area contributed by atoms with E-state index in [-0.39, 0.29) is 0 Å². The van der Waals surface area contributed by atoms with Gasteiger partial charge < -0.3 is 10.6 Å². The van der Waals surface area contributed by atoms with Crippen LogP contribution in [0, 0.1) is 0 Å². The molecule has 0 radical (unpaired) electrons. The quantitative estimate of drug-likeness (QED) is 0.712. The van der Waals surface area contributed by atoms with Crippen molar-refractivity contribution in [1.29, 1.82) is 0 Å². The van der Waals surface area contributed by atoms with Gasteiger partial charge in [-0.1, -0.05) is 0 Å². The molecule has 2 N–H and O–H groups in total. The first-order valence-electron chi connectivity index (χ1n) is 7.63. The van der Waals surface area contributed by atoms with Crippen molar-refractivity contribution >= 4 is 43.3 Å². The Hall–Kier alpha value is -1.57. The van der Waals surface area contributed by atoms with Crippen LogP contribution in [-0.4, -0.2) is 34.1 Å². The molecule has 4 heterocycles. The summed E-state index contributed by atoms with van der Waals surface area (Å²) in [5.41, 5.74) is 1.93. The molecule has 0 aliphatic carbocycles. The molecule has 23 heavy (non-hydrogen) atoms. The fourth-order valence-electron chi connectivity index (χ4n) is 2.79. The van der Waals surface area contributed by atoms with Crippen LogP contribution in [0.5, 0.6) is 0 Å². The lowest BCUT2D eigenvalue weighted by Gasteiger charge is -2.13. The van der Waals surface area contributed by atoms with E-state index in [1.807, 2.05) is 12.1 Å². The van der Waals surface area contributed by atoms with Crippen LogP contribution in [0.2, 0.25) is 0 Å². The molecule has 1 atom stereocenters. The number of anilines is 1. The maximum absolute atomic E-state index is 4.76. The summed E-state index contributed by atoms with van der Waals surface area (Å²) >= 11 is 5.25. The van der Waals surface area contributed by atoms with Crippen molar-refractivity contribution < 1.29 is 0 Å². The molecule has 1 aliphatic heterocycles. The largest absolute Gasteiger partial charge is 0.367 e. The van der Waals surface area contributed by atoms with Gasteiger partial charge in [0.15, 0.2) is 5.82 Å². The molecule has 5 nitrogen and oxygen atoms in total. The van der Waals surface area contributed by atoms with Gasteiger partial charge in [-0.25, -0.2) is 9.97 Å². The van der Waals surface area contributed by atoms with Crippen molar-refractivity contribution in [1.82, 2.24) is 20.3 Å². The number of fused-ring (bicyclic) bond motifs is 1. The van der Waals surface area contributed by atoms with Gasteiger partial charge in [0.2, 0.25) is 0 Å². The van der Waals surface area contributed by atoms with Gasteiger partial charge >= 0.3 is 0 Å². The predicted octanol–water partition coefficient (Wildman–Crippen LogP) is 3.68. The Kier molecular flexibility index (Phi) is 4.24. The topological polar surface area (TPSA) is 62.7 Å². The van der Waals surface area contributed by atoms with Crippen LogP contribution in [-0.2, 0) is 0 Å². The molecule has 3 aromatic heterocycles. The number of nitrogens with one attached hydrogen (secondary N) is 2. The lowest BCUT2D eigenvalue weighted by atomic mass is 10.2. The normalized spacial score (nSPS) is 17.7. The highest BCUT2D eigenvalue weighted by molar-refractivity contribution is 9.10. The first-order valence-corrected chi connectivity index (χ1v) is 9.31. The highest BCUT2D eigenvalue weighted by atomic mass is 79.9. The second kappa shape index (κ2) is 6.51. The minimum atomic E-state index is 0.521. The Balaban J connectivity index is 1.72. The van der Waals surface area contributed by atoms with Gasteiger partial charge in [-0.05, 0) is 47.4 Å². The number of rotatable bonds is 4. The third-order valence-corrected chi connectivity index (χ3v) is 5.87. The summed E-state index contributed by atoms with van der Waals surface area (Å²) in [6.45, 7) is 2.00. The minimum Gasteiger partial charge on any atom is -0.367 e. The van der Waals surface area contributed by atoms with Crippen LogP contribution in [0.25, 0.3) is 21.6 Å². The fourth-order valence-corrected chi connectivity index (χ4v) is 4.32. The second-order valence-corrected chi connectivity index (χ2v) is 7.30. The Morgan fingerprint density at radius 2 is 2.17 bits per heavy atom. The molecule has 0 spiro atoms. The van der Waals surface area contributed by atoms with Gasteiger partial charge in [0.25, 0.3) is 0 Å². The van der Waals surface area contributed by atoms with E-state index in [0.29, 0.717) is 6.04 Å². The van der Waals surface area contributed by atoms with Gasteiger partial charge in [-0.2, -0.15) is 0 Å². The number of aromatic nitrogens is 3. The average molecular weight is 390 g/mol. The summed E-state index contributed by atoms with van der Waals surface area (Å²) in [5, 5.41) is 9.08. The number of thiophene rings is 1. The third-order valence-electron chi connectivity index (χ3n) is 3.99. The zero-order valence-electron chi connectivity index (χ0n) is 12.4. The van der Waals surface area contributed by atoms with Crippen molar-refractivity contribution in [2.45, 2.75) is 18.9 Å². The fraction of sp³-hybridized carbons (Fsp3) is 0.312. The van der Waals surface area contributed by atoms with Crippen molar-refractivity contribution in [3.05, 3.63) is 34.4 Å². The van der Waals surface area contributed by atoms with E-state index in [1.54, 1.807) is 23.7 Å².